The van der Waals surface area contributed by atoms with Crippen LogP contribution >= 0.6 is 0 Å². The van der Waals surface area contributed by atoms with Gasteiger partial charge in [0, 0.05) is 25.2 Å². The van der Waals surface area contributed by atoms with E-state index in [4.69, 9.17) is 0 Å². The molecule has 1 aliphatic rings. The second-order valence-electron chi connectivity index (χ2n) is 5.74. The van der Waals surface area contributed by atoms with Gasteiger partial charge >= 0.3 is 6.03 Å². The minimum absolute atomic E-state index is 0.0210. The van der Waals surface area contributed by atoms with Crippen LogP contribution in [0.4, 0.5) is 10.5 Å². The van der Waals surface area contributed by atoms with Crippen LogP contribution in [-0.4, -0.2) is 28.2 Å². The fraction of sp³-hybridized carbons (Fsp3) is 0.533. The van der Waals surface area contributed by atoms with Crippen LogP contribution in [-0.2, 0) is 6.54 Å². The maximum absolute atomic E-state index is 11.7. The van der Waals surface area contributed by atoms with Crippen LogP contribution in [0.1, 0.15) is 37.7 Å². The standard InChI is InChI=1S/C15H21N3O4/c19-14(17-11-15(20)8-2-1-3-9-15)16-10-12-4-6-13(7-5-12)18(21)22/h4-7,20H,1-3,8-11H2,(H2,16,17,19). The van der Waals surface area contributed by atoms with Gasteiger partial charge < -0.3 is 15.7 Å². The van der Waals surface area contributed by atoms with Crippen molar-refractivity contribution in [3.63, 3.8) is 0 Å². The molecule has 2 amide bonds. The molecule has 0 aliphatic heterocycles. The first kappa shape index (κ1) is 16.2. The smallest absolute Gasteiger partial charge is 0.315 e. The van der Waals surface area contributed by atoms with Crippen molar-refractivity contribution in [2.24, 2.45) is 0 Å². The number of nitrogens with one attached hydrogen (secondary N) is 2. The Morgan fingerprint density at radius 1 is 1.18 bits per heavy atom. The van der Waals surface area contributed by atoms with Crippen molar-refractivity contribution in [3.05, 3.63) is 39.9 Å². The SMILES string of the molecule is O=C(NCc1ccc([N+](=O)[O-])cc1)NCC1(O)CCCCC1. The third-order valence-corrected chi connectivity index (χ3v) is 3.96. The minimum atomic E-state index is -0.789. The van der Waals surface area contributed by atoms with Gasteiger partial charge in [-0.05, 0) is 18.4 Å². The Morgan fingerprint density at radius 2 is 1.82 bits per heavy atom. The average Bonchev–Trinajstić information content (AvgIpc) is 2.52. The quantitative estimate of drug-likeness (QED) is 0.572. The van der Waals surface area contributed by atoms with Crippen molar-refractivity contribution in [1.29, 1.82) is 0 Å². The summed E-state index contributed by atoms with van der Waals surface area (Å²) in [5, 5.41) is 26.2. The highest BCUT2D eigenvalue weighted by atomic mass is 16.6. The Morgan fingerprint density at radius 3 is 2.41 bits per heavy atom. The molecule has 0 spiro atoms. The van der Waals surface area contributed by atoms with E-state index < -0.39 is 10.5 Å². The molecule has 0 radical (unpaired) electrons. The van der Waals surface area contributed by atoms with E-state index in [-0.39, 0.29) is 24.8 Å². The number of nitro benzene ring substituents is 1. The lowest BCUT2D eigenvalue weighted by atomic mass is 9.85. The summed E-state index contributed by atoms with van der Waals surface area (Å²) in [5.41, 5.74) is 0.00742. The molecule has 1 aromatic rings. The number of benzene rings is 1. The molecule has 2 rings (SSSR count). The van der Waals surface area contributed by atoms with Gasteiger partial charge in [-0.2, -0.15) is 0 Å². The highest BCUT2D eigenvalue weighted by Crippen LogP contribution is 2.27. The zero-order chi connectivity index (χ0) is 16.0. The summed E-state index contributed by atoms with van der Waals surface area (Å²) in [7, 11) is 0. The fourth-order valence-corrected chi connectivity index (χ4v) is 2.61. The Hall–Kier alpha value is -2.15. The lowest BCUT2D eigenvalue weighted by Gasteiger charge is -2.32. The monoisotopic (exact) mass is 307 g/mol. The van der Waals surface area contributed by atoms with Gasteiger partial charge in [0.1, 0.15) is 0 Å². The van der Waals surface area contributed by atoms with Gasteiger partial charge in [-0.3, -0.25) is 10.1 Å². The molecule has 7 nitrogen and oxygen atoms in total. The zero-order valence-electron chi connectivity index (χ0n) is 12.4. The highest BCUT2D eigenvalue weighted by molar-refractivity contribution is 5.73. The number of nitro groups is 1. The summed E-state index contributed by atoms with van der Waals surface area (Å²) in [6.07, 6.45) is 4.55. The van der Waals surface area contributed by atoms with Gasteiger partial charge in [-0.15, -0.1) is 0 Å². The molecule has 0 atom stereocenters. The first-order valence-electron chi connectivity index (χ1n) is 7.46. The topological polar surface area (TPSA) is 104 Å². The molecule has 0 saturated heterocycles. The molecule has 0 unspecified atom stereocenters. The maximum atomic E-state index is 11.7. The minimum Gasteiger partial charge on any atom is -0.388 e. The molecule has 1 aromatic carbocycles. The van der Waals surface area contributed by atoms with E-state index in [0.29, 0.717) is 0 Å². The van der Waals surface area contributed by atoms with Crippen molar-refractivity contribution in [2.45, 2.75) is 44.2 Å². The molecule has 7 heteroatoms. The number of non-ortho nitro benzene ring substituents is 1. The summed E-state index contributed by atoms with van der Waals surface area (Å²) in [6, 6.07) is 5.66. The summed E-state index contributed by atoms with van der Waals surface area (Å²) in [4.78, 5) is 21.8. The Kier molecular flexibility index (Phi) is 5.32. The zero-order valence-corrected chi connectivity index (χ0v) is 12.4. The Bertz CT molecular complexity index is 524. The lowest BCUT2D eigenvalue weighted by Crippen LogP contribution is -2.47. The maximum Gasteiger partial charge on any atom is 0.315 e. The van der Waals surface area contributed by atoms with Crippen molar-refractivity contribution >= 4 is 11.7 Å². The number of hydrogen-bond donors (Lipinski definition) is 3. The molecular weight excluding hydrogens is 286 g/mol. The summed E-state index contributed by atoms with van der Waals surface area (Å²) in [5.74, 6) is 0. The van der Waals surface area contributed by atoms with Crippen molar-refractivity contribution < 1.29 is 14.8 Å². The van der Waals surface area contributed by atoms with Crippen molar-refractivity contribution in [2.75, 3.05) is 6.54 Å². The normalized spacial score (nSPS) is 16.8. The average molecular weight is 307 g/mol. The van der Waals surface area contributed by atoms with Crippen molar-refractivity contribution in [1.82, 2.24) is 10.6 Å². The van der Waals surface area contributed by atoms with Gasteiger partial charge in [-0.1, -0.05) is 31.4 Å². The number of carbonyl (C=O) groups excluding carboxylic acids is 1. The molecule has 0 bridgehead atoms. The van der Waals surface area contributed by atoms with Crippen LogP contribution in [0.15, 0.2) is 24.3 Å². The van der Waals surface area contributed by atoms with Crippen LogP contribution in [0.5, 0.6) is 0 Å². The Labute approximate surface area is 128 Å². The second kappa shape index (κ2) is 7.22. The van der Waals surface area contributed by atoms with E-state index in [1.165, 1.54) is 12.1 Å². The number of rotatable bonds is 5. The number of urea groups is 1. The third kappa shape index (κ3) is 4.70. The summed E-state index contributed by atoms with van der Waals surface area (Å²) < 4.78 is 0. The predicted octanol–water partition coefficient (Wildman–Crippen LogP) is 2.09. The van der Waals surface area contributed by atoms with Crippen molar-refractivity contribution in [3.8, 4) is 0 Å². The Balaban J connectivity index is 1.74. The molecule has 3 N–H and O–H groups in total. The van der Waals surface area contributed by atoms with Gasteiger partial charge in [0.15, 0.2) is 0 Å². The van der Waals surface area contributed by atoms with E-state index in [1.807, 2.05) is 0 Å². The van der Waals surface area contributed by atoms with Gasteiger partial charge in [0.2, 0.25) is 0 Å². The number of aliphatic hydroxyl groups is 1. The van der Waals surface area contributed by atoms with Gasteiger partial charge in [0.05, 0.1) is 10.5 Å². The third-order valence-electron chi connectivity index (χ3n) is 3.96. The van der Waals surface area contributed by atoms with E-state index in [0.717, 1.165) is 37.7 Å². The van der Waals surface area contributed by atoms with Crippen LogP contribution in [0.2, 0.25) is 0 Å². The van der Waals surface area contributed by atoms with Gasteiger partial charge in [-0.25, -0.2) is 4.79 Å². The number of amides is 2. The van der Waals surface area contributed by atoms with E-state index >= 15 is 0 Å². The van der Waals surface area contributed by atoms with Crippen LogP contribution in [0, 0.1) is 10.1 Å². The van der Waals surface area contributed by atoms with Crippen LogP contribution in [0.25, 0.3) is 0 Å². The van der Waals surface area contributed by atoms with E-state index in [2.05, 4.69) is 10.6 Å². The van der Waals surface area contributed by atoms with Crippen LogP contribution in [0.3, 0.4) is 0 Å². The molecule has 1 aliphatic carbocycles. The van der Waals surface area contributed by atoms with Gasteiger partial charge in [0.25, 0.3) is 5.69 Å². The number of nitrogens with zero attached hydrogens (tertiary/aromatic N) is 1. The number of hydrogen-bond acceptors (Lipinski definition) is 4. The first-order valence-corrected chi connectivity index (χ1v) is 7.46. The fourth-order valence-electron chi connectivity index (χ4n) is 2.61. The largest absolute Gasteiger partial charge is 0.388 e. The first-order chi connectivity index (χ1) is 10.5. The molecule has 22 heavy (non-hydrogen) atoms. The molecule has 1 fully saturated rings. The van der Waals surface area contributed by atoms with E-state index in [1.54, 1.807) is 12.1 Å². The second-order valence-corrected chi connectivity index (χ2v) is 5.74. The highest BCUT2D eigenvalue weighted by Gasteiger charge is 2.29. The number of carbonyl (C=O) groups is 1. The predicted molar refractivity (Wildman–Crippen MR) is 81.4 cm³/mol. The van der Waals surface area contributed by atoms with Crippen LogP contribution < -0.4 is 10.6 Å². The molecule has 0 heterocycles. The lowest BCUT2D eigenvalue weighted by molar-refractivity contribution is -0.384. The molecule has 1 saturated carbocycles. The molecule has 120 valence electrons. The molecule has 0 aromatic heterocycles. The summed E-state index contributed by atoms with van der Waals surface area (Å²) >= 11 is 0. The molecular formula is C15H21N3O4. The van der Waals surface area contributed by atoms with E-state index in [9.17, 15) is 20.0 Å². The summed E-state index contributed by atoms with van der Waals surface area (Å²) in [6.45, 7) is 0.529.